The first-order valence-electron chi connectivity index (χ1n) is 4.24. The quantitative estimate of drug-likeness (QED) is 0.326. The Labute approximate surface area is 87.3 Å². The Kier molecular flexibility index (Phi) is 4.89. The third-order valence-electron chi connectivity index (χ3n) is 1.66. The molecule has 0 aliphatic heterocycles. The van der Waals surface area contributed by atoms with Gasteiger partial charge in [0.1, 0.15) is 0 Å². The highest BCUT2D eigenvalue weighted by Gasteiger charge is 2.35. The van der Waals surface area contributed by atoms with E-state index in [0.29, 0.717) is 5.01 Å². The fraction of sp³-hybridized carbons (Fsp3) is 0.625. The molecule has 0 aromatic carbocycles. The predicted octanol–water partition coefficient (Wildman–Crippen LogP) is -1.57. The first kappa shape index (κ1) is 13.5. The van der Waals surface area contributed by atoms with E-state index in [2.05, 4.69) is 4.74 Å². The summed E-state index contributed by atoms with van der Waals surface area (Å²) in [6, 6.07) is 0. The Morgan fingerprint density at radius 3 is 2.40 bits per heavy atom. The molecule has 0 saturated heterocycles. The first-order chi connectivity index (χ1) is 6.86. The molecule has 0 aliphatic carbocycles. The van der Waals surface area contributed by atoms with Crippen LogP contribution in [0, 0.1) is 0 Å². The Morgan fingerprint density at radius 1 is 1.47 bits per heavy atom. The highest BCUT2D eigenvalue weighted by atomic mass is 16.5. The molecule has 0 atom stereocenters. The lowest BCUT2D eigenvalue weighted by Gasteiger charge is -2.25. The van der Waals surface area contributed by atoms with Crippen LogP contribution in [0.25, 0.3) is 0 Å². The largest absolute Gasteiger partial charge is 0.441 e. The summed E-state index contributed by atoms with van der Waals surface area (Å²) in [5, 5.41) is 0.393. The van der Waals surface area contributed by atoms with E-state index in [9.17, 15) is 14.4 Å². The number of hydrogen-bond donors (Lipinski definition) is 2. The van der Waals surface area contributed by atoms with Crippen molar-refractivity contribution in [1.82, 2.24) is 5.01 Å². The molecule has 15 heavy (non-hydrogen) atoms. The molecule has 2 amide bonds. The lowest BCUT2D eigenvalue weighted by atomic mass is 10.1. The Bertz CT molecular complexity index is 265. The number of nitrogens with zero attached hydrogens (tertiary/aromatic N) is 1. The van der Waals surface area contributed by atoms with Gasteiger partial charge in [-0.2, -0.15) is 0 Å². The molecule has 0 aromatic rings. The van der Waals surface area contributed by atoms with Crippen LogP contribution in [0.2, 0.25) is 0 Å². The number of ether oxygens (including phenoxy) is 1. The summed E-state index contributed by atoms with van der Waals surface area (Å²) < 4.78 is 4.38. The second-order valence-corrected chi connectivity index (χ2v) is 3.30. The summed E-state index contributed by atoms with van der Waals surface area (Å²) in [6.07, 6.45) is -0.0525. The zero-order valence-corrected chi connectivity index (χ0v) is 8.65. The molecule has 7 nitrogen and oxygen atoms in total. The van der Waals surface area contributed by atoms with Gasteiger partial charge in [0.25, 0.3) is 5.91 Å². The van der Waals surface area contributed by atoms with E-state index in [-0.39, 0.29) is 13.0 Å². The standard InChI is InChI=1S/C8H14N3O4/c1-8(2,15-5-12)7(14)11(10)6(13)3-4-9/h3-4,9-10H2,1-2H3. The number of amides is 2. The highest BCUT2D eigenvalue weighted by molar-refractivity contribution is 5.98. The molecule has 0 heterocycles. The van der Waals surface area contributed by atoms with Crippen LogP contribution in [-0.4, -0.2) is 35.4 Å². The van der Waals surface area contributed by atoms with E-state index in [1.807, 2.05) is 0 Å². The van der Waals surface area contributed by atoms with Crippen LogP contribution in [0.1, 0.15) is 20.3 Å². The molecule has 0 fully saturated rings. The van der Waals surface area contributed by atoms with Crippen molar-refractivity contribution < 1.29 is 19.1 Å². The minimum Gasteiger partial charge on any atom is -0.441 e. The highest BCUT2D eigenvalue weighted by Crippen LogP contribution is 2.10. The molecule has 1 radical (unpaired) electrons. The second kappa shape index (κ2) is 5.42. The number of hydrogen-bond acceptors (Lipinski definition) is 6. The van der Waals surface area contributed by atoms with Gasteiger partial charge in [-0.25, -0.2) is 15.6 Å². The topological polar surface area (TPSA) is 116 Å². The molecule has 0 saturated carbocycles. The summed E-state index contributed by atoms with van der Waals surface area (Å²) in [5.41, 5.74) is 3.61. The number of carbonyl (C=O) groups is 2. The average molecular weight is 216 g/mol. The molecule has 85 valence electrons. The van der Waals surface area contributed by atoms with Gasteiger partial charge in [0, 0.05) is 13.0 Å². The average Bonchev–Trinajstić information content (AvgIpc) is 2.15. The molecule has 0 unspecified atom stereocenters. The molecule has 0 bridgehead atoms. The third-order valence-corrected chi connectivity index (χ3v) is 1.66. The first-order valence-corrected chi connectivity index (χ1v) is 4.24. The Hall–Kier alpha value is -1.47. The van der Waals surface area contributed by atoms with Crippen LogP contribution in [-0.2, 0) is 19.1 Å². The van der Waals surface area contributed by atoms with E-state index >= 15 is 0 Å². The minimum atomic E-state index is -1.51. The Morgan fingerprint density at radius 2 is 2.00 bits per heavy atom. The zero-order chi connectivity index (χ0) is 12.1. The van der Waals surface area contributed by atoms with Gasteiger partial charge in [0.2, 0.25) is 5.91 Å². The maximum absolute atomic E-state index is 11.5. The van der Waals surface area contributed by atoms with Crippen molar-refractivity contribution in [2.24, 2.45) is 11.6 Å². The van der Waals surface area contributed by atoms with Crippen LogP contribution >= 0.6 is 0 Å². The molecule has 0 aromatic heterocycles. The van der Waals surface area contributed by atoms with Gasteiger partial charge in [-0.3, -0.25) is 9.59 Å². The predicted molar refractivity (Wildman–Crippen MR) is 50.6 cm³/mol. The van der Waals surface area contributed by atoms with Gasteiger partial charge < -0.3 is 10.5 Å². The summed E-state index contributed by atoms with van der Waals surface area (Å²) in [5.74, 6) is 3.77. The molecular weight excluding hydrogens is 202 g/mol. The fourth-order valence-electron chi connectivity index (χ4n) is 0.795. The van der Waals surface area contributed by atoms with E-state index in [1.54, 1.807) is 0 Å². The van der Waals surface area contributed by atoms with Crippen LogP contribution < -0.4 is 11.6 Å². The molecule has 4 N–H and O–H groups in total. The summed E-state index contributed by atoms with van der Waals surface area (Å²) in [6.45, 7) is 3.81. The number of nitrogens with two attached hydrogens (primary N) is 2. The Balaban J connectivity index is 4.55. The van der Waals surface area contributed by atoms with Gasteiger partial charge in [0.15, 0.2) is 5.60 Å². The van der Waals surface area contributed by atoms with Gasteiger partial charge in [-0.1, -0.05) is 0 Å². The van der Waals surface area contributed by atoms with Crippen LogP contribution in [0.5, 0.6) is 0 Å². The van der Waals surface area contributed by atoms with Crippen LogP contribution in [0.3, 0.4) is 0 Å². The molecule has 7 heteroatoms. The molecule has 0 spiro atoms. The number of hydrazine groups is 1. The maximum atomic E-state index is 11.5. The molecule has 0 aliphatic rings. The smallest absolute Gasteiger partial charge is 0.418 e. The van der Waals surface area contributed by atoms with Gasteiger partial charge >= 0.3 is 6.47 Å². The molecule has 0 rings (SSSR count). The van der Waals surface area contributed by atoms with Gasteiger partial charge in [-0.15, -0.1) is 0 Å². The van der Waals surface area contributed by atoms with Crippen molar-refractivity contribution in [3.05, 3.63) is 0 Å². The number of carbonyl (C=O) groups excluding carboxylic acids is 3. The van der Waals surface area contributed by atoms with Crippen molar-refractivity contribution in [1.29, 1.82) is 0 Å². The van der Waals surface area contributed by atoms with Gasteiger partial charge in [-0.05, 0) is 13.8 Å². The number of imide groups is 1. The van der Waals surface area contributed by atoms with Crippen molar-refractivity contribution >= 4 is 18.3 Å². The van der Waals surface area contributed by atoms with E-state index in [0.717, 1.165) is 6.47 Å². The molecular formula is C8H14N3O4. The number of rotatable bonds is 5. The monoisotopic (exact) mass is 216 g/mol. The normalized spacial score (nSPS) is 10.7. The van der Waals surface area contributed by atoms with Crippen LogP contribution in [0.4, 0.5) is 0 Å². The fourth-order valence-corrected chi connectivity index (χ4v) is 0.795. The van der Waals surface area contributed by atoms with Crippen molar-refractivity contribution in [2.45, 2.75) is 25.9 Å². The van der Waals surface area contributed by atoms with Crippen molar-refractivity contribution in [2.75, 3.05) is 6.54 Å². The van der Waals surface area contributed by atoms with E-state index in [1.165, 1.54) is 13.8 Å². The third kappa shape index (κ3) is 3.64. The van der Waals surface area contributed by atoms with Crippen LogP contribution in [0.15, 0.2) is 0 Å². The van der Waals surface area contributed by atoms with Gasteiger partial charge in [0.05, 0.1) is 0 Å². The van der Waals surface area contributed by atoms with E-state index < -0.39 is 17.4 Å². The SMILES string of the molecule is CC(C)(O[C]=O)C(=O)N(N)C(=O)CCN. The lowest BCUT2D eigenvalue weighted by molar-refractivity contribution is -0.155. The summed E-state index contributed by atoms with van der Waals surface area (Å²) in [7, 11) is 0. The zero-order valence-electron chi connectivity index (χ0n) is 8.65. The maximum Gasteiger partial charge on any atom is 0.418 e. The van der Waals surface area contributed by atoms with Crippen molar-refractivity contribution in [3.63, 3.8) is 0 Å². The van der Waals surface area contributed by atoms with Crippen molar-refractivity contribution in [3.8, 4) is 0 Å². The van der Waals surface area contributed by atoms with E-state index in [4.69, 9.17) is 11.6 Å². The lowest BCUT2D eigenvalue weighted by Crippen LogP contribution is -2.53. The summed E-state index contributed by atoms with van der Waals surface area (Å²) >= 11 is 0. The minimum absolute atomic E-state index is 0.0525. The second-order valence-electron chi connectivity index (χ2n) is 3.30. The summed E-state index contributed by atoms with van der Waals surface area (Å²) in [4.78, 5) is 32.7.